The number of aryl methyl sites for hydroxylation is 3. The lowest BCUT2D eigenvalue weighted by atomic mass is 10.0. The summed E-state index contributed by atoms with van der Waals surface area (Å²) in [5.41, 5.74) is 4.55. The monoisotopic (exact) mass is 516 g/mol. The Morgan fingerprint density at radius 2 is 1.49 bits per heavy atom. The molecule has 0 aliphatic carbocycles. The Morgan fingerprint density at radius 3 is 2.00 bits per heavy atom. The number of methoxy groups -OCH3 is 2. The third kappa shape index (κ3) is 6.07. The van der Waals surface area contributed by atoms with Gasteiger partial charge in [-0.25, -0.2) is 8.42 Å². The lowest BCUT2D eigenvalue weighted by molar-refractivity contribution is 0.102. The van der Waals surface area contributed by atoms with Gasteiger partial charge in [0.2, 0.25) is 10.0 Å². The zero-order chi connectivity index (χ0) is 25.9. The van der Waals surface area contributed by atoms with Crippen molar-refractivity contribution in [3.05, 3.63) is 81.4 Å². The molecule has 7 nitrogen and oxygen atoms in total. The number of amides is 1. The fourth-order valence-electron chi connectivity index (χ4n) is 3.95. The maximum Gasteiger partial charge on any atom is 0.257 e. The molecule has 1 amide bonds. The first kappa shape index (κ1) is 26.4. The van der Waals surface area contributed by atoms with E-state index in [2.05, 4.69) is 5.32 Å². The van der Waals surface area contributed by atoms with Crippen LogP contribution in [0, 0.1) is 20.8 Å². The summed E-state index contributed by atoms with van der Waals surface area (Å²) in [6.45, 7) is 5.80. The topological polar surface area (TPSA) is 84.9 Å². The van der Waals surface area contributed by atoms with E-state index in [4.69, 9.17) is 21.1 Å². The Bertz CT molecular complexity index is 1330. The molecule has 0 fully saturated rings. The average Bonchev–Trinajstić information content (AvgIpc) is 2.79. The number of sulfonamides is 1. The number of anilines is 2. The minimum Gasteiger partial charge on any atom is -0.493 e. The number of nitrogens with one attached hydrogen (secondary N) is 1. The van der Waals surface area contributed by atoms with Crippen LogP contribution in [0.25, 0.3) is 0 Å². The normalized spacial score (nSPS) is 11.2. The Balaban J connectivity index is 2.16. The summed E-state index contributed by atoms with van der Waals surface area (Å²) >= 11 is 5.99. The van der Waals surface area contributed by atoms with E-state index < -0.39 is 15.9 Å². The van der Waals surface area contributed by atoms with Gasteiger partial charge >= 0.3 is 0 Å². The summed E-state index contributed by atoms with van der Waals surface area (Å²) in [5.74, 6) is 0.131. The van der Waals surface area contributed by atoms with Crippen molar-refractivity contribution in [2.75, 3.05) is 30.1 Å². The number of rotatable bonds is 8. The highest BCUT2D eigenvalue weighted by molar-refractivity contribution is 7.92. The summed E-state index contributed by atoms with van der Waals surface area (Å²) in [7, 11) is -0.895. The van der Waals surface area contributed by atoms with Crippen LogP contribution in [0.2, 0.25) is 5.02 Å². The number of hydrogen-bond acceptors (Lipinski definition) is 5. The quantitative estimate of drug-likeness (QED) is 0.427. The second-order valence-electron chi connectivity index (χ2n) is 8.35. The van der Waals surface area contributed by atoms with Crippen molar-refractivity contribution in [1.82, 2.24) is 0 Å². The van der Waals surface area contributed by atoms with Gasteiger partial charge in [-0.1, -0.05) is 41.4 Å². The molecular weight excluding hydrogens is 488 g/mol. The van der Waals surface area contributed by atoms with E-state index in [1.165, 1.54) is 30.7 Å². The molecule has 3 aromatic carbocycles. The molecule has 0 saturated carbocycles. The van der Waals surface area contributed by atoms with Crippen LogP contribution < -0.4 is 19.1 Å². The zero-order valence-electron chi connectivity index (χ0n) is 20.6. The van der Waals surface area contributed by atoms with Crippen molar-refractivity contribution in [1.29, 1.82) is 0 Å². The number of benzene rings is 3. The Labute approximate surface area is 211 Å². The molecule has 1 N–H and O–H groups in total. The second kappa shape index (κ2) is 10.6. The van der Waals surface area contributed by atoms with Crippen LogP contribution in [0.5, 0.6) is 11.5 Å². The van der Waals surface area contributed by atoms with Gasteiger partial charge in [-0.3, -0.25) is 9.10 Å². The third-order valence-electron chi connectivity index (χ3n) is 5.57. The smallest absolute Gasteiger partial charge is 0.257 e. The van der Waals surface area contributed by atoms with E-state index in [9.17, 15) is 13.2 Å². The highest BCUT2D eigenvalue weighted by Crippen LogP contribution is 2.37. The molecule has 9 heteroatoms. The third-order valence-corrected chi connectivity index (χ3v) is 6.95. The van der Waals surface area contributed by atoms with Gasteiger partial charge < -0.3 is 14.8 Å². The molecular formula is C26H29ClN2O5S. The molecule has 3 aromatic rings. The lowest BCUT2D eigenvalue weighted by Crippen LogP contribution is -2.31. The van der Waals surface area contributed by atoms with Crippen LogP contribution in [-0.2, 0) is 16.6 Å². The zero-order valence-corrected chi connectivity index (χ0v) is 22.2. The van der Waals surface area contributed by atoms with Crippen molar-refractivity contribution in [3.63, 3.8) is 0 Å². The molecule has 0 spiro atoms. The lowest BCUT2D eigenvalue weighted by Gasteiger charge is -2.26. The summed E-state index contributed by atoms with van der Waals surface area (Å²) < 4.78 is 37.9. The van der Waals surface area contributed by atoms with E-state index in [0.29, 0.717) is 27.8 Å². The molecule has 0 unspecified atom stereocenters. The van der Waals surface area contributed by atoms with Crippen molar-refractivity contribution < 1.29 is 22.7 Å². The molecule has 0 aliphatic rings. The first-order chi connectivity index (χ1) is 16.4. The van der Waals surface area contributed by atoms with Gasteiger partial charge in [-0.15, -0.1) is 0 Å². The van der Waals surface area contributed by atoms with Crippen LogP contribution in [-0.4, -0.2) is 34.8 Å². The van der Waals surface area contributed by atoms with Crippen LogP contribution in [0.3, 0.4) is 0 Å². The number of ether oxygens (including phenoxy) is 2. The molecule has 0 bridgehead atoms. The number of carbonyl (C=O) groups is 1. The molecule has 0 saturated heterocycles. The van der Waals surface area contributed by atoms with Gasteiger partial charge in [0, 0.05) is 16.8 Å². The number of halogens is 1. The first-order valence-electron chi connectivity index (χ1n) is 10.8. The Morgan fingerprint density at radius 1 is 0.943 bits per heavy atom. The minimum absolute atomic E-state index is 0.00560. The first-order valence-corrected chi connectivity index (χ1v) is 13.0. The van der Waals surface area contributed by atoms with E-state index in [-0.39, 0.29) is 17.8 Å². The molecule has 0 radical (unpaired) electrons. The van der Waals surface area contributed by atoms with Gasteiger partial charge in [-0.2, -0.15) is 0 Å². The Kier molecular flexibility index (Phi) is 7.97. The number of hydrogen-bond donors (Lipinski definition) is 1. The number of nitrogens with zero attached hydrogens (tertiary/aromatic N) is 1. The summed E-state index contributed by atoms with van der Waals surface area (Å²) in [6, 6.07) is 13.8. The van der Waals surface area contributed by atoms with Gasteiger partial charge in [-0.05, 0) is 55.7 Å². The van der Waals surface area contributed by atoms with Crippen LogP contribution in [0.4, 0.5) is 11.4 Å². The standard InChI is InChI=1S/C26H29ClN2O5S/c1-16-11-17(2)25(18(3)12-16)28-26(30)21-13-23(33-4)24(34-5)14-22(21)29(35(6,31)32)15-19-7-9-20(27)10-8-19/h7-14H,15H2,1-6H3,(H,28,30). The highest BCUT2D eigenvalue weighted by Gasteiger charge is 2.27. The highest BCUT2D eigenvalue weighted by atomic mass is 35.5. The van der Waals surface area contributed by atoms with Gasteiger partial charge in [0.15, 0.2) is 11.5 Å². The number of carbonyl (C=O) groups excluding carboxylic acids is 1. The largest absolute Gasteiger partial charge is 0.493 e. The maximum absolute atomic E-state index is 13.6. The van der Waals surface area contributed by atoms with Crippen LogP contribution >= 0.6 is 11.6 Å². The summed E-state index contributed by atoms with van der Waals surface area (Å²) in [4.78, 5) is 13.6. The second-order valence-corrected chi connectivity index (χ2v) is 10.7. The summed E-state index contributed by atoms with van der Waals surface area (Å²) in [6.07, 6.45) is 1.09. The summed E-state index contributed by atoms with van der Waals surface area (Å²) in [5, 5.41) is 3.49. The van der Waals surface area contributed by atoms with Crippen molar-refractivity contribution in [2.45, 2.75) is 27.3 Å². The predicted molar refractivity (Wildman–Crippen MR) is 141 cm³/mol. The van der Waals surface area contributed by atoms with Crippen molar-refractivity contribution in [3.8, 4) is 11.5 Å². The van der Waals surface area contributed by atoms with Gasteiger partial charge in [0.25, 0.3) is 5.91 Å². The molecule has 186 valence electrons. The van der Waals surface area contributed by atoms with Gasteiger partial charge in [0.1, 0.15) is 0 Å². The fourth-order valence-corrected chi connectivity index (χ4v) is 4.97. The van der Waals surface area contributed by atoms with E-state index in [0.717, 1.165) is 22.9 Å². The van der Waals surface area contributed by atoms with Gasteiger partial charge in [0.05, 0.1) is 38.3 Å². The molecule has 35 heavy (non-hydrogen) atoms. The predicted octanol–water partition coefficient (Wildman–Crippen LogP) is 5.50. The molecule has 0 aromatic heterocycles. The molecule has 0 heterocycles. The maximum atomic E-state index is 13.6. The van der Waals surface area contributed by atoms with Crippen molar-refractivity contribution >= 4 is 38.9 Å². The fraction of sp³-hybridized carbons (Fsp3) is 0.269. The van der Waals surface area contributed by atoms with E-state index in [1.807, 2.05) is 32.9 Å². The minimum atomic E-state index is -3.80. The van der Waals surface area contributed by atoms with E-state index >= 15 is 0 Å². The van der Waals surface area contributed by atoms with E-state index in [1.54, 1.807) is 24.3 Å². The average molecular weight is 517 g/mol. The van der Waals surface area contributed by atoms with Crippen LogP contribution in [0.1, 0.15) is 32.6 Å². The Hall–Kier alpha value is -3.23. The molecule has 0 aliphatic heterocycles. The SMILES string of the molecule is COc1cc(C(=O)Nc2c(C)cc(C)cc2C)c(N(Cc2ccc(Cl)cc2)S(C)(=O)=O)cc1OC. The molecule has 0 atom stereocenters. The van der Waals surface area contributed by atoms with Crippen molar-refractivity contribution in [2.24, 2.45) is 0 Å². The molecule has 3 rings (SSSR count). The van der Waals surface area contributed by atoms with Crippen LogP contribution in [0.15, 0.2) is 48.5 Å².